The van der Waals surface area contributed by atoms with Crippen LogP contribution in [0.4, 0.5) is 22.7 Å². The van der Waals surface area contributed by atoms with E-state index in [1.807, 2.05) is 0 Å². The molecule has 0 aliphatic rings. The number of nitrogens with two attached hydrogens (primary N) is 1. The molecule has 0 unspecified atom stereocenters. The Labute approximate surface area is 231 Å². The topological polar surface area (TPSA) is 232 Å². The zero-order valence-corrected chi connectivity index (χ0v) is 22.7. The van der Waals surface area contributed by atoms with Crippen molar-refractivity contribution in [2.24, 2.45) is 10.2 Å². The fourth-order valence-corrected chi connectivity index (χ4v) is 3.84. The number of nitro groups is 1. The first-order valence-electron chi connectivity index (χ1n) is 7.97. The molecule has 0 aromatic heterocycles. The SMILES string of the molecule is Nc1ccc2cc(S(=O)(=O)[O-])cc([O-])c2c1N=Nc1ccc([N+](=O)[O-])cc1[S+](=O)(O)O.[Na+].[Na+]. The van der Waals surface area contributed by atoms with Crippen LogP contribution in [0.15, 0.2) is 62.5 Å². The Morgan fingerprint density at radius 2 is 1.67 bits per heavy atom. The number of hydrogen-bond acceptors (Lipinski definition) is 10. The molecule has 162 valence electrons. The minimum atomic E-state index is -4.91. The maximum Gasteiger partial charge on any atom is 1.00 e. The number of fused-ring (bicyclic) bond motifs is 1. The Bertz CT molecular complexity index is 1430. The fourth-order valence-electron chi connectivity index (χ4n) is 2.67. The number of nitrogens with zero attached hydrogens (tertiary/aromatic N) is 3. The van der Waals surface area contributed by atoms with Crippen LogP contribution < -0.4 is 70.0 Å². The number of nitro benzene ring substituents is 1. The molecule has 0 heterocycles. The molecular weight excluding hydrogens is 502 g/mol. The van der Waals surface area contributed by atoms with E-state index in [1.165, 1.54) is 12.1 Å². The van der Waals surface area contributed by atoms with E-state index in [0.29, 0.717) is 12.1 Å². The van der Waals surface area contributed by atoms with Crippen molar-refractivity contribution in [3.05, 3.63) is 52.6 Å². The Morgan fingerprint density at radius 3 is 2.21 bits per heavy atom. The van der Waals surface area contributed by atoms with Crippen LogP contribution in [-0.4, -0.2) is 27.0 Å². The molecule has 13 nitrogen and oxygen atoms in total. The second kappa shape index (κ2) is 10.8. The van der Waals surface area contributed by atoms with Gasteiger partial charge in [-0.15, -0.1) is 10.2 Å². The third kappa shape index (κ3) is 6.55. The summed E-state index contributed by atoms with van der Waals surface area (Å²) in [5.41, 5.74) is 4.47. The van der Waals surface area contributed by atoms with Crippen molar-refractivity contribution >= 4 is 54.1 Å². The molecular formula is C16H11N4Na2O9S2+. The molecule has 0 spiro atoms. The van der Waals surface area contributed by atoms with Gasteiger partial charge in [0.25, 0.3) is 10.6 Å². The molecule has 3 aromatic rings. The molecule has 0 radical (unpaired) electrons. The number of non-ortho nitro benzene ring substituents is 1. The molecule has 17 heteroatoms. The van der Waals surface area contributed by atoms with Crippen LogP contribution in [0, 0.1) is 10.1 Å². The predicted molar refractivity (Wildman–Crippen MR) is 105 cm³/mol. The summed E-state index contributed by atoms with van der Waals surface area (Å²) in [6.07, 6.45) is 0. The normalized spacial score (nSPS) is 11.7. The van der Waals surface area contributed by atoms with Gasteiger partial charge in [-0.25, -0.2) is 8.42 Å². The number of nitrogen functional groups attached to an aromatic ring is 1. The van der Waals surface area contributed by atoms with Crippen LogP contribution in [0.1, 0.15) is 0 Å². The van der Waals surface area contributed by atoms with E-state index in [0.717, 1.165) is 18.2 Å². The molecule has 4 N–H and O–H groups in total. The molecule has 0 saturated carbocycles. The smallest absolute Gasteiger partial charge is 0.872 e. The Hall–Kier alpha value is -1.50. The minimum absolute atomic E-state index is 0. The van der Waals surface area contributed by atoms with Gasteiger partial charge in [-0.05, 0) is 27.8 Å². The summed E-state index contributed by atoms with van der Waals surface area (Å²) >= 11 is 0. The summed E-state index contributed by atoms with van der Waals surface area (Å²) in [6, 6.07) is 6.61. The van der Waals surface area contributed by atoms with Crippen molar-refractivity contribution in [1.82, 2.24) is 0 Å². The average Bonchev–Trinajstić information content (AvgIpc) is 2.65. The van der Waals surface area contributed by atoms with Gasteiger partial charge in [-0.2, -0.15) is 9.11 Å². The van der Waals surface area contributed by atoms with E-state index >= 15 is 0 Å². The maximum absolute atomic E-state index is 12.4. The third-order valence-electron chi connectivity index (χ3n) is 4.05. The first kappa shape index (κ1) is 29.5. The molecule has 0 fully saturated rings. The van der Waals surface area contributed by atoms with E-state index in [-0.39, 0.29) is 81.3 Å². The first-order valence-corrected chi connectivity index (χ1v) is 10.9. The summed E-state index contributed by atoms with van der Waals surface area (Å²) < 4.78 is 64.2. The van der Waals surface area contributed by atoms with Crippen molar-refractivity contribution in [1.29, 1.82) is 0 Å². The molecule has 0 atom stereocenters. The number of azo groups is 1. The third-order valence-corrected chi connectivity index (χ3v) is 5.76. The largest absolute Gasteiger partial charge is 1.00 e. The van der Waals surface area contributed by atoms with E-state index in [4.69, 9.17) is 5.73 Å². The molecule has 0 amide bonds. The van der Waals surface area contributed by atoms with Gasteiger partial charge in [-0.1, -0.05) is 17.9 Å². The summed E-state index contributed by atoms with van der Waals surface area (Å²) in [6.45, 7) is 0. The van der Waals surface area contributed by atoms with Crippen LogP contribution in [0.3, 0.4) is 0 Å². The van der Waals surface area contributed by atoms with Crippen molar-refractivity contribution in [3.63, 3.8) is 0 Å². The summed E-state index contributed by atoms with van der Waals surface area (Å²) in [5, 5.41) is 30.6. The van der Waals surface area contributed by atoms with Gasteiger partial charge in [0.15, 0.2) is 0 Å². The predicted octanol–water partition coefficient (Wildman–Crippen LogP) is -3.46. The van der Waals surface area contributed by atoms with Crippen LogP contribution >= 0.6 is 0 Å². The van der Waals surface area contributed by atoms with Gasteiger partial charge < -0.3 is 15.4 Å². The molecule has 0 aliphatic heterocycles. The number of anilines is 1. The summed E-state index contributed by atoms with van der Waals surface area (Å²) in [4.78, 5) is 8.47. The van der Waals surface area contributed by atoms with Gasteiger partial charge >= 0.3 is 69.6 Å². The molecule has 0 aliphatic carbocycles. The van der Waals surface area contributed by atoms with Crippen LogP contribution in [0.5, 0.6) is 5.75 Å². The molecule has 0 bridgehead atoms. The average molecular weight is 513 g/mol. The van der Waals surface area contributed by atoms with Gasteiger partial charge in [-0.3, -0.25) is 10.1 Å². The maximum atomic E-state index is 12.4. The van der Waals surface area contributed by atoms with Crippen LogP contribution in [0.25, 0.3) is 10.8 Å². The van der Waals surface area contributed by atoms with Gasteiger partial charge in [0.05, 0.1) is 21.6 Å². The zero-order chi connectivity index (χ0) is 23.1. The number of hydrogen-bond donors (Lipinski definition) is 3. The van der Waals surface area contributed by atoms with E-state index in [9.17, 15) is 41.5 Å². The Morgan fingerprint density at radius 1 is 1.03 bits per heavy atom. The molecule has 0 saturated heterocycles. The standard InChI is InChI=1S/C16H12N4O9S2.2Na/c17-11-3-1-8-5-10(30(24,25)26)7-13(21)15(8)16(11)19-18-12-4-2-9(20(22)23)6-14(12)31(27,28)29;;/h1-7H,(H5-,17,18,19,21,24,25,26,27,28,29);;/q;2*+1/p-1. The second-order valence-corrected chi connectivity index (χ2v) is 8.90. The molecule has 3 aromatic carbocycles. The molecule has 33 heavy (non-hydrogen) atoms. The van der Waals surface area contributed by atoms with Crippen molar-refractivity contribution in [2.45, 2.75) is 9.79 Å². The summed E-state index contributed by atoms with van der Waals surface area (Å²) in [5.74, 6) is -0.898. The number of rotatable bonds is 5. The van der Waals surface area contributed by atoms with Crippen LogP contribution in [-0.2, 0) is 24.8 Å². The summed E-state index contributed by atoms with van der Waals surface area (Å²) in [7, 11) is -9.59. The quantitative estimate of drug-likeness (QED) is 0.0580. The first-order chi connectivity index (χ1) is 14.3. The molecule has 3 rings (SSSR count). The van der Waals surface area contributed by atoms with Crippen molar-refractivity contribution in [2.75, 3.05) is 5.73 Å². The Balaban J connectivity index is 0.00000272. The van der Waals surface area contributed by atoms with Gasteiger partial charge in [0.2, 0.25) is 0 Å². The van der Waals surface area contributed by atoms with Gasteiger partial charge in [0.1, 0.15) is 21.5 Å². The van der Waals surface area contributed by atoms with E-state index in [2.05, 4.69) is 10.2 Å². The Kier molecular flexibility index (Phi) is 9.69. The minimum Gasteiger partial charge on any atom is -0.872 e. The van der Waals surface area contributed by atoms with Crippen LogP contribution in [0.2, 0.25) is 0 Å². The number of benzene rings is 3. The monoisotopic (exact) mass is 513 g/mol. The van der Waals surface area contributed by atoms with E-state index in [1.54, 1.807) is 0 Å². The van der Waals surface area contributed by atoms with Gasteiger partial charge in [0, 0.05) is 11.5 Å². The van der Waals surface area contributed by atoms with E-state index < -0.39 is 52.5 Å². The second-order valence-electron chi connectivity index (χ2n) is 6.08. The zero-order valence-electron chi connectivity index (χ0n) is 17.0. The van der Waals surface area contributed by atoms with Crippen molar-refractivity contribution < 1.29 is 95.4 Å². The fraction of sp³-hybridized carbons (Fsp3) is 0. The van der Waals surface area contributed by atoms with Crippen molar-refractivity contribution in [3.8, 4) is 5.75 Å².